The van der Waals surface area contributed by atoms with Crippen LogP contribution in [0.2, 0.25) is 26.4 Å². The SMILES string of the molecule is CCCCC(C)(CC=[C](O[SiH](C)C)[Sn]([CH2]CCC)([CH2]CCC)[CH2]CCC)OC. The van der Waals surface area contributed by atoms with E-state index >= 15 is 0 Å². The summed E-state index contributed by atoms with van der Waals surface area (Å²) in [5.41, 5.74) is -0.0406. The molecule has 0 aromatic rings. The minimum atomic E-state index is -2.50. The molecule has 0 amide bonds. The van der Waals surface area contributed by atoms with E-state index in [1.165, 1.54) is 68.5 Å². The molecule has 0 aromatic heterocycles. The number of methoxy groups -OCH3 is 1. The fourth-order valence-corrected chi connectivity index (χ4v) is 23.7. The molecule has 0 aliphatic carbocycles. The first-order valence-electron chi connectivity index (χ1n) is 12.3. The molecule has 0 rings (SSSR count). The third-order valence-corrected chi connectivity index (χ3v) is 22.7. The van der Waals surface area contributed by atoms with Gasteiger partial charge in [0.05, 0.1) is 0 Å². The maximum atomic E-state index is 6.79. The minimum absolute atomic E-state index is 0.0406. The quantitative estimate of drug-likeness (QED) is 0.134. The summed E-state index contributed by atoms with van der Waals surface area (Å²) >= 11 is -2.50. The Bertz CT molecular complexity index is 390. The van der Waals surface area contributed by atoms with Gasteiger partial charge in [-0.05, 0) is 0 Å². The predicted octanol–water partition coefficient (Wildman–Crippen LogP) is 8.24. The Morgan fingerprint density at radius 1 is 0.857 bits per heavy atom. The summed E-state index contributed by atoms with van der Waals surface area (Å²) in [6.07, 6.45) is 15.3. The maximum absolute atomic E-state index is 6.79. The zero-order valence-electron chi connectivity index (χ0n) is 20.7. The van der Waals surface area contributed by atoms with Gasteiger partial charge in [-0.15, -0.1) is 0 Å². The first kappa shape index (κ1) is 28.5. The summed E-state index contributed by atoms with van der Waals surface area (Å²) in [6.45, 7) is 16.3. The summed E-state index contributed by atoms with van der Waals surface area (Å²) < 4.78 is 18.8. The average Bonchev–Trinajstić information content (AvgIpc) is 2.69. The van der Waals surface area contributed by atoms with Gasteiger partial charge in [0.1, 0.15) is 0 Å². The third kappa shape index (κ3) is 11.1. The van der Waals surface area contributed by atoms with Crippen LogP contribution in [0.3, 0.4) is 0 Å². The molecule has 0 spiro atoms. The molecule has 1 atom stereocenters. The Balaban J connectivity index is 5.86. The van der Waals surface area contributed by atoms with Crippen molar-refractivity contribution >= 4 is 27.4 Å². The summed E-state index contributed by atoms with van der Waals surface area (Å²) in [6, 6.07) is 0. The summed E-state index contributed by atoms with van der Waals surface area (Å²) in [7, 11) is 0.789. The molecule has 2 nitrogen and oxygen atoms in total. The molecule has 4 heteroatoms. The molecule has 1 unspecified atom stereocenters. The molecule has 0 aliphatic heterocycles. The Kier molecular flexibility index (Phi) is 16.5. The molecule has 0 saturated heterocycles. The van der Waals surface area contributed by atoms with Crippen molar-refractivity contribution in [2.75, 3.05) is 7.11 Å². The van der Waals surface area contributed by atoms with E-state index in [2.05, 4.69) is 53.8 Å². The second kappa shape index (κ2) is 16.2. The molecular formula is C24H52O2SiSn. The molecule has 0 heterocycles. The Hall–Kier alpha value is 0.516. The molecule has 0 saturated carbocycles. The van der Waals surface area contributed by atoms with Crippen LogP contribution < -0.4 is 0 Å². The van der Waals surface area contributed by atoms with Gasteiger partial charge in [0.2, 0.25) is 0 Å². The average molecular weight is 519 g/mol. The van der Waals surface area contributed by atoms with Crippen molar-refractivity contribution in [3.05, 3.63) is 9.85 Å². The van der Waals surface area contributed by atoms with Crippen molar-refractivity contribution in [3.63, 3.8) is 0 Å². The molecule has 168 valence electrons. The van der Waals surface area contributed by atoms with E-state index in [0.717, 1.165) is 12.8 Å². The number of hydrogen-bond donors (Lipinski definition) is 0. The summed E-state index contributed by atoms with van der Waals surface area (Å²) in [5.74, 6) is 0. The van der Waals surface area contributed by atoms with Gasteiger partial charge >= 0.3 is 184 Å². The van der Waals surface area contributed by atoms with Crippen LogP contribution in [0.15, 0.2) is 9.85 Å². The van der Waals surface area contributed by atoms with Crippen molar-refractivity contribution in [2.24, 2.45) is 0 Å². The van der Waals surface area contributed by atoms with Gasteiger partial charge in [0.15, 0.2) is 0 Å². The standard InChI is InChI=1S/C12H25O2Si.3C4H9.Sn/c1-6-7-9-12(2,13-3)10-8-11-14-15(4)5;3*1-3-4-2;/h8,15H,6-7,9-10H2,1-5H3;3*1,3-4H2,2H3;. The van der Waals surface area contributed by atoms with Gasteiger partial charge in [0.25, 0.3) is 0 Å². The van der Waals surface area contributed by atoms with E-state index in [4.69, 9.17) is 9.16 Å². The summed E-state index contributed by atoms with van der Waals surface area (Å²) in [5, 5.41) is 0. The normalized spacial score (nSPS) is 15.1. The molecule has 0 aromatic carbocycles. The van der Waals surface area contributed by atoms with Gasteiger partial charge in [-0.25, -0.2) is 0 Å². The number of rotatable bonds is 18. The molecule has 28 heavy (non-hydrogen) atoms. The Labute approximate surface area is 183 Å². The van der Waals surface area contributed by atoms with E-state index in [0.29, 0.717) is 0 Å². The van der Waals surface area contributed by atoms with Gasteiger partial charge < -0.3 is 0 Å². The van der Waals surface area contributed by atoms with E-state index in [9.17, 15) is 0 Å². The second-order valence-corrected chi connectivity index (χ2v) is 24.6. The molecule has 0 aliphatic rings. The van der Waals surface area contributed by atoms with Gasteiger partial charge in [-0.3, -0.25) is 0 Å². The third-order valence-electron chi connectivity index (χ3n) is 6.18. The molecule has 0 bridgehead atoms. The first-order chi connectivity index (χ1) is 13.3. The Morgan fingerprint density at radius 2 is 1.32 bits per heavy atom. The zero-order valence-corrected chi connectivity index (χ0v) is 24.7. The van der Waals surface area contributed by atoms with Gasteiger partial charge in [0, 0.05) is 0 Å². The monoisotopic (exact) mass is 520 g/mol. The molecule has 0 fully saturated rings. The number of hydrogen-bond acceptors (Lipinski definition) is 2. The van der Waals surface area contributed by atoms with Crippen LogP contribution in [0, 0.1) is 0 Å². The van der Waals surface area contributed by atoms with E-state index < -0.39 is 27.4 Å². The Morgan fingerprint density at radius 3 is 1.68 bits per heavy atom. The van der Waals surface area contributed by atoms with Crippen LogP contribution in [0.4, 0.5) is 0 Å². The van der Waals surface area contributed by atoms with Crippen LogP contribution in [0.25, 0.3) is 0 Å². The second-order valence-electron chi connectivity index (χ2n) is 9.29. The van der Waals surface area contributed by atoms with Crippen molar-refractivity contribution < 1.29 is 9.16 Å². The molecule has 0 radical (unpaired) electrons. The number of ether oxygens (including phenoxy) is 1. The number of unbranched alkanes of at least 4 members (excludes halogenated alkanes) is 4. The fraction of sp³-hybridized carbons (Fsp3) is 0.917. The van der Waals surface area contributed by atoms with Crippen LogP contribution in [-0.2, 0) is 9.16 Å². The van der Waals surface area contributed by atoms with Crippen molar-refractivity contribution in [2.45, 2.75) is 131 Å². The van der Waals surface area contributed by atoms with Crippen molar-refractivity contribution in [1.29, 1.82) is 0 Å². The van der Waals surface area contributed by atoms with Gasteiger partial charge in [-0.1, -0.05) is 0 Å². The summed E-state index contributed by atoms with van der Waals surface area (Å²) in [4.78, 5) is 0. The van der Waals surface area contributed by atoms with Crippen molar-refractivity contribution in [3.8, 4) is 0 Å². The topological polar surface area (TPSA) is 18.5 Å². The predicted molar refractivity (Wildman–Crippen MR) is 133 cm³/mol. The van der Waals surface area contributed by atoms with Crippen molar-refractivity contribution in [1.82, 2.24) is 0 Å². The van der Waals surface area contributed by atoms with Gasteiger partial charge in [-0.2, -0.15) is 0 Å². The van der Waals surface area contributed by atoms with E-state index in [1.54, 1.807) is 0 Å². The van der Waals surface area contributed by atoms with Crippen LogP contribution in [-0.4, -0.2) is 40.1 Å². The van der Waals surface area contributed by atoms with Crippen LogP contribution in [0.5, 0.6) is 0 Å². The zero-order chi connectivity index (χ0) is 21.5. The fourth-order valence-electron chi connectivity index (χ4n) is 4.08. The van der Waals surface area contributed by atoms with E-state index in [1.807, 2.05) is 7.11 Å². The molecule has 0 N–H and O–H groups in total. The molecular weight excluding hydrogens is 467 g/mol. The van der Waals surface area contributed by atoms with Crippen LogP contribution in [0.1, 0.15) is 98.8 Å². The van der Waals surface area contributed by atoms with E-state index in [-0.39, 0.29) is 5.60 Å². The first-order valence-corrected chi connectivity index (χ1v) is 22.5. The van der Waals surface area contributed by atoms with Crippen LogP contribution >= 0.6 is 0 Å².